The fourth-order valence-electron chi connectivity index (χ4n) is 1.01. The van der Waals surface area contributed by atoms with Gasteiger partial charge in [-0.1, -0.05) is 0 Å². The van der Waals surface area contributed by atoms with E-state index >= 15 is 0 Å². The second-order valence-electron chi connectivity index (χ2n) is 2.15. The monoisotopic (exact) mass is 149 g/mol. The second-order valence-corrected chi connectivity index (χ2v) is 2.15. The smallest absolute Gasteiger partial charge is 0.224 e. The summed E-state index contributed by atoms with van der Waals surface area (Å²) < 4.78 is 5.01. The quantitative estimate of drug-likeness (QED) is 0.657. The molecule has 11 heavy (non-hydrogen) atoms. The number of aromatic amines is 1. The number of rotatable bonds is 1. The first-order valence-corrected chi connectivity index (χ1v) is 3.24. The number of ether oxygens (including phenoxy) is 1. The van der Waals surface area contributed by atoms with E-state index in [0.29, 0.717) is 5.88 Å². The molecule has 2 rings (SSSR count). The molecule has 0 radical (unpaired) electrons. The molecule has 0 aromatic carbocycles. The Morgan fingerprint density at radius 1 is 1.55 bits per heavy atom. The number of nitrogens with zero attached hydrogens (tertiary/aromatic N) is 2. The maximum atomic E-state index is 5.01. The van der Waals surface area contributed by atoms with E-state index in [1.807, 2.05) is 6.07 Å². The first-order chi connectivity index (χ1) is 5.42. The van der Waals surface area contributed by atoms with Crippen LogP contribution >= 0.6 is 0 Å². The van der Waals surface area contributed by atoms with Gasteiger partial charge in [-0.05, 0) is 6.07 Å². The number of methoxy groups -OCH3 is 1. The number of aromatic nitrogens is 3. The molecule has 2 heterocycles. The van der Waals surface area contributed by atoms with Crippen molar-refractivity contribution < 1.29 is 4.74 Å². The van der Waals surface area contributed by atoms with Gasteiger partial charge in [-0.3, -0.25) is 5.10 Å². The summed E-state index contributed by atoms with van der Waals surface area (Å²) in [7, 11) is 1.59. The van der Waals surface area contributed by atoms with Crippen molar-refractivity contribution in [3.8, 4) is 5.88 Å². The van der Waals surface area contributed by atoms with Gasteiger partial charge in [0.15, 0.2) is 0 Å². The summed E-state index contributed by atoms with van der Waals surface area (Å²) in [5, 5.41) is 7.60. The highest BCUT2D eigenvalue weighted by molar-refractivity contribution is 5.82. The molecule has 2 aromatic heterocycles. The summed E-state index contributed by atoms with van der Waals surface area (Å²) >= 11 is 0. The predicted octanol–water partition coefficient (Wildman–Crippen LogP) is 0.966. The Kier molecular flexibility index (Phi) is 1.25. The van der Waals surface area contributed by atoms with Gasteiger partial charge < -0.3 is 4.74 Å². The fourth-order valence-corrected chi connectivity index (χ4v) is 1.01. The average Bonchev–Trinajstić information content (AvgIpc) is 2.50. The molecular formula is C7H7N3O. The maximum Gasteiger partial charge on any atom is 0.224 e. The Hall–Kier alpha value is -1.58. The predicted molar refractivity (Wildman–Crippen MR) is 40.4 cm³/mol. The lowest BCUT2D eigenvalue weighted by Crippen LogP contribution is -1.86. The highest BCUT2D eigenvalue weighted by atomic mass is 16.5. The van der Waals surface area contributed by atoms with E-state index in [4.69, 9.17) is 4.74 Å². The third-order valence-electron chi connectivity index (χ3n) is 1.53. The normalized spacial score (nSPS) is 10.3. The number of pyridine rings is 1. The molecule has 56 valence electrons. The molecule has 1 N–H and O–H groups in total. The van der Waals surface area contributed by atoms with Crippen LogP contribution < -0.4 is 4.74 Å². The van der Waals surface area contributed by atoms with Gasteiger partial charge >= 0.3 is 0 Å². The van der Waals surface area contributed by atoms with E-state index in [0.717, 1.165) is 10.9 Å². The van der Waals surface area contributed by atoms with E-state index in [1.54, 1.807) is 19.5 Å². The lowest BCUT2D eigenvalue weighted by atomic mass is 10.3. The van der Waals surface area contributed by atoms with Crippen molar-refractivity contribution >= 4 is 10.9 Å². The van der Waals surface area contributed by atoms with Gasteiger partial charge in [0, 0.05) is 6.20 Å². The van der Waals surface area contributed by atoms with Gasteiger partial charge in [0.2, 0.25) is 5.88 Å². The van der Waals surface area contributed by atoms with Crippen LogP contribution in [-0.2, 0) is 0 Å². The molecule has 0 amide bonds. The number of fused-ring (bicyclic) bond motifs is 1. The van der Waals surface area contributed by atoms with Gasteiger partial charge in [-0.15, -0.1) is 0 Å². The molecule has 0 aliphatic heterocycles. The van der Waals surface area contributed by atoms with Crippen LogP contribution in [0, 0.1) is 0 Å². The molecule has 0 atom stereocenters. The minimum Gasteiger partial charge on any atom is -0.480 e. The Bertz CT molecular complexity index is 368. The van der Waals surface area contributed by atoms with E-state index in [2.05, 4.69) is 15.2 Å². The topological polar surface area (TPSA) is 50.8 Å². The summed E-state index contributed by atoms with van der Waals surface area (Å²) in [5.74, 6) is 0.608. The Labute approximate surface area is 63.2 Å². The summed E-state index contributed by atoms with van der Waals surface area (Å²) in [4.78, 5) is 4.02. The minimum absolute atomic E-state index is 0.608. The summed E-state index contributed by atoms with van der Waals surface area (Å²) in [6.07, 6.45) is 3.38. The number of H-pyrrole nitrogens is 1. The fraction of sp³-hybridized carbons (Fsp3) is 0.143. The molecule has 0 saturated heterocycles. The van der Waals surface area contributed by atoms with Crippen molar-refractivity contribution in [1.82, 2.24) is 15.2 Å². The van der Waals surface area contributed by atoms with Crippen LogP contribution in [0.15, 0.2) is 18.5 Å². The third-order valence-corrected chi connectivity index (χ3v) is 1.53. The van der Waals surface area contributed by atoms with Gasteiger partial charge in [0.1, 0.15) is 0 Å². The second kappa shape index (κ2) is 2.23. The Balaban J connectivity index is 2.79. The molecule has 0 unspecified atom stereocenters. The van der Waals surface area contributed by atoms with Crippen LogP contribution in [0.1, 0.15) is 0 Å². The molecule has 0 aliphatic carbocycles. The summed E-state index contributed by atoms with van der Waals surface area (Å²) in [6.45, 7) is 0. The molecular weight excluding hydrogens is 142 g/mol. The highest BCUT2D eigenvalue weighted by Crippen LogP contribution is 2.19. The molecule has 2 aromatic rings. The van der Waals surface area contributed by atoms with Gasteiger partial charge in [-0.2, -0.15) is 5.10 Å². The molecule has 0 bridgehead atoms. The van der Waals surface area contributed by atoms with Crippen molar-refractivity contribution in [2.75, 3.05) is 7.11 Å². The van der Waals surface area contributed by atoms with Gasteiger partial charge in [0.25, 0.3) is 0 Å². The molecule has 0 saturated carbocycles. The van der Waals surface area contributed by atoms with Crippen LogP contribution in [0.4, 0.5) is 0 Å². The molecule has 0 spiro atoms. The van der Waals surface area contributed by atoms with Crippen molar-refractivity contribution in [1.29, 1.82) is 0 Å². The summed E-state index contributed by atoms with van der Waals surface area (Å²) in [6, 6.07) is 1.85. The molecule has 0 aliphatic rings. The molecule has 0 fully saturated rings. The minimum atomic E-state index is 0.608. The van der Waals surface area contributed by atoms with Crippen molar-refractivity contribution in [2.24, 2.45) is 0 Å². The van der Waals surface area contributed by atoms with Crippen molar-refractivity contribution in [3.63, 3.8) is 0 Å². The van der Waals surface area contributed by atoms with E-state index in [1.165, 1.54) is 0 Å². The third kappa shape index (κ3) is 0.832. The lowest BCUT2D eigenvalue weighted by Gasteiger charge is -1.96. The zero-order valence-corrected chi connectivity index (χ0v) is 6.03. The van der Waals surface area contributed by atoms with E-state index in [9.17, 15) is 0 Å². The lowest BCUT2D eigenvalue weighted by molar-refractivity contribution is 0.403. The zero-order chi connectivity index (χ0) is 7.68. The number of hydrogen-bond donors (Lipinski definition) is 1. The van der Waals surface area contributed by atoms with Crippen LogP contribution in [-0.4, -0.2) is 22.3 Å². The first kappa shape index (κ1) is 6.15. The summed E-state index contributed by atoms with van der Waals surface area (Å²) in [5.41, 5.74) is 0.942. The first-order valence-electron chi connectivity index (χ1n) is 3.24. The molecule has 4 heteroatoms. The largest absolute Gasteiger partial charge is 0.480 e. The van der Waals surface area contributed by atoms with Gasteiger partial charge in [-0.25, -0.2) is 4.98 Å². The maximum absolute atomic E-state index is 5.01. The van der Waals surface area contributed by atoms with Crippen LogP contribution in [0.2, 0.25) is 0 Å². The van der Waals surface area contributed by atoms with E-state index in [-0.39, 0.29) is 0 Å². The van der Waals surface area contributed by atoms with Crippen LogP contribution in [0.3, 0.4) is 0 Å². The average molecular weight is 149 g/mol. The zero-order valence-electron chi connectivity index (χ0n) is 6.03. The molecule has 4 nitrogen and oxygen atoms in total. The number of hydrogen-bond acceptors (Lipinski definition) is 3. The van der Waals surface area contributed by atoms with E-state index < -0.39 is 0 Å². The standard InChI is InChI=1S/C7H7N3O/c1-11-7-5-4-9-10-6(5)2-3-8-7/h2-4H,1H3,(H,9,10). The Morgan fingerprint density at radius 2 is 2.45 bits per heavy atom. The SMILES string of the molecule is COc1nccc2[nH]ncc12. The Morgan fingerprint density at radius 3 is 3.27 bits per heavy atom. The van der Waals surface area contributed by atoms with Crippen molar-refractivity contribution in [3.05, 3.63) is 18.5 Å². The van der Waals surface area contributed by atoms with Gasteiger partial charge in [0.05, 0.1) is 24.2 Å². The van der Waals surface area contributed by atoms with Crippen molar-refractivity contribution in [2.45, 2.75) is 0 Å². The number of nitrogens with one attached hydrogen (secondary N) is 1. The highest BCUT2D eigenvalue weighted by Gasteiger charge is 2.01. The van der Waals surface area contributed by atoms with Crippen LogP contribution in [0.25, 0.3) is 10.9 Å². The van der Waals surface area contributed by atoms with Crippen LogP contribution in [0.5, 0.6) is 5.88 Å².